The molecule has 1 amide bonds. The van der Waals surface area contributed by atoms with E-state index in [0.29, 0.717) is 0 Å². The summed E-state index contributed by atoms with van der Waals surface area (Å²) in [6, 6.07) is 0. The second-order valence-corrected chi connectivity index (χ2v) is 2.60. The number of hydrogen-bond donors (Lipinski definition) is 3. The molecule has 0 radical (unpaired) electrons. The highest BCUT2D eigenvalue weighted by Crippen LogP contribution is 1.91. The minimum absolute atomic E-state index is 0.0541. The minimum atomic E-state index is -0.568. The summed E-state index contributed by atoms with van der Waals surface area (Å²) in [6.07, 6.45) is 4.18. The zero-order valence-corrected chi connectivity index (χ0v) is 7.24. The van der Waals surface area contributed by atoms with Crippen LogP contribution in [-0.2, 0) is 4.79 Å². The monoisotopic (exact) mass is 195 g/mol. The Morgan fingerprint density at radius 3 is 2.79 bits per heavy atom. The zero-order chi connectivity index (χ0) is 10.6. The molecule has 0 fully saturated rings. The van der Waals surface area contributed by atoms with E-state index in [2.05, 4.69) is 4.98 Å². The highest BCUT2D eigenvalue weighted by Gasteiger charge is 1.94. The van der Waals surface area contributed by atoms with Gasteiger partial charge in [0.2, 0.25) is 5.91 Å². The van der Waals surface area contributed by atoms with Crippen LogP contribution < -0.4 is 17.0 Å². The Morgan fingerprint density at radius 2 is 2.21 bits per heavy atom. The predicted octanol–water partition coefficient (Wildman–Crippen LogP) is -1.05. The smallest absolute Gasteiger partial charge is 0.325 e. The largest absolute Gasteiger partial charge is 0.369 e. The lowest BCUT2D eigenvalue weighted by Crippen LogP contribution is -2.22. The Morgan fingerprint density at radius 1 is 1.50 bits per heavy atom. The first-order valence-corrected chi connectivity index (χ1v) is 3.86. The number of primary amides is 1. The first-order chi connectivity index (χ1) is 6.59. The van der Waals surface area contributed by atoms with Crippen LogP contribution in [-0.4, -0.2) is 15.9 Å². The average Bonchev–Trinajstić information content (AvgIpc) is 2.08. The maximum Gasteiger partial charge on any atom is 0.325 e. The maximum atomic E-state index is 11.1. The van der Waals surface area contributed by atoms with Gasteiger partial charge in [-0.05, 0) is 0 Å². The lowest BCUT2D eigenvalue weighted by Gasteiger charge is -1.89. The topological polar surface area (TPSA) is 109 Å². The van der Waals surface area contributed by atoms with E-state index >= 15 is 0 Å². The summed E-state index contributed by atoms with van der Waals surface area (Å²) >= 11 is 0. The SMILES string of the molecule is NC(=O)CC=Cc1c[nH]c(=O)[nH]c1=O. The third kappa shape index (κ3) is 2.74. The van der Waals surface area contributed by atoms with Gasteiger partial charge in [0.1, 0.15) is 0 Å². The number of H-pyrrole nitrogens is 2. The van der Waals surface area contributed by atoms with E-state index in [1.165, 1.54) is 18.3 Å². The molecule has 6 nitrogen and oxygen atoms in total. The number of aromatic amines is 2. The molecule has 4 N–H and O–H groups in total. The van der Waals surface area contributed by atoms with Gasteiger partial charge in [0, 0.05) is 12.6 Å². The van der Waals surface area contributed by atoms with Crippen LogP contribution in [0.5, 0.6) is 0 Å². The zero-order valence-electron chi connectivity index (χ0n) is 7.24. The van der Waals surface area contributed by atoms with Crippen LogP contribution in [0.2, 0.25) is 0 Å². The molecule has 1 heterocycles. The van der Waals surface area contributed by atoms with Gasteiger partial charge in [-0.25, -0.2) is 4.79 Å². The van der Waals surface area contributed by atoms with Crippen LogP contribution in [0.4, 0.5) is 0 Å². The number of rotatable bonds is 3. The molecule has 0 spiro atoms. The van der Waals surface area contributed by atoms with Gasteiger partial charge in [-0.1, -0.05) is 12.2 Å². The van der Waals surface area contributed by atoms with Crippen LogP contribution in [0.15, 0.2) is 21.9 Å². The third-order valence-corrected chi connectivity index (χ3v) is 1.46. The summed E-state index contributed by atoms with van der Waals surface area (Å²) < 4.78 is 0. The van der Waals surface area contributed by atoms with E-state index in [4.69, 9.17) is 5.73 Å². The summed E-state index contributed by atoms with van der Waals surface area (Å²) in [5.41, 5.74) is 4.08. The number of nitrogens with one attached hydrogen (secondary N) is 2. The fourth-order valence-corrected chi connectivity index (χ4v) is 0.846. The second kappa shape index (κ2) is 4.22. The van der Waals surface area contributed by atoms with Crippen molar-refractivity contribution in [2.24, 2.45) is 5.73 Å². The Balaban J connectivity index is 2.88. The molecule has 74 valence electrons. The molecule has 6 heteroatoms. The van der Waals surface area contributed by atoms with Crippen molar-refractivity contribution in [2.75, 3.05) is 0 Å². The van der Waals surface area contributed by atoms with Gasteiger partial charge in [0.05, 0.1) is 5.56 Å². The van der Waals surface area contributed by atoms with Gasteiger partial charge in [-0.3, -0.25) is 14.6 Å². The molecule has 1 aromatic heterocycles. The van der Waals surface area contributed by atoms with Gasteiger partial charge in [0.15, 0.2) is 0 Å². The van der Waals surface area contributed by atoms with E-state index < -0.39 is 17.2 Å². The quantitative estimate of drug-likeness (QED) is 0.572. The van der Waals surface area contributed by atoms with Crippen molar-refractivity contribution in [3.8, 4) is 0 Å². The van der Waals surface area contributed by atoms with E-state index in [-0.39, 0.29) is 12.0 Å². The number of amides is 1. The normalized spacial score (nSPS) is 10.6. The maximum absolute atomic E-state index is 11.1. The molecule has 0 aliphatic rings. The Kier molecular flexibility index (Phi) is 3.01. The Hall–Kier alpha value is -2.11. The molecule has 1 rings (SSSR count). The molecular formula is C8H9N3O3. The molecule has 0 aliphatic heterocycles. The van der Waals surface area contributed by atoms with E-state index in [1.807, 2.05) is 4.98 Å². The first-order valence-electron chi connectivity index (χ1n) is 3.86. The predicted molar refractivity (Wildman–Crippen MR) is 50.5 cm³/mol. The third-order valence-electron chi connectivity index (χ3n) is 1.46. The number of carbonyl (C=O) groups is 1. The summed E-state index contributed by atoms with van der Waals surface area (Å²) in [4.78, 5) is 36.4. The highest BCUT2D eigenvalue weighted by molar-refractivity contribution is 5.76. The number of aromatic nitrogens is 2. The van der Waals surface area contributed by atoms with Crippen LogP contribution in [0.1, 0.15) is 12.0 Å². The van der Waals surface area contributed by atoms with Crippen molar-refractivity contribution < 1.29 is 4.79 Å². The molecule has 0 aliphatic carbocycles. The molecular weight excluding hydrogens is 186 g/mol. The van der Waals surface area contributed by atoms with Crippen LogP contribution >= 0.6 is 0 Å². The minimum Gasteiger partial charge on any atom is -0.369 e. The van der Waals surface area contributed by atoms with Gasteiger partial charge in [-0.15, -0.1) is 0 Å². The molecule has 0 bridgehead atoms. The van der Waals surface area contributed by atoms with Gasteiger partial charge in [0.25, 0.3) is 5.56 Å². The molecule has 0 unspecified atom stereocenters. The van der Waals surface area contributed by atoms with Gasteiger partial charge in [-0.2, -0.15) is 0 Å². The Labute approximate surface area is 78.5 Å². The van der Waals surface area contributed by atoms with Crippen molar-refractivity contribution >= 4 is 12.0 Å². The van der Waals surface area contributed by atoms with Crippen LogP contribution in [0.3, 0.4) is 0 Å². The summed E-state index contributed by atoms with van der Waals surface area (Å²) in [7, 11) is 0. The Bertz CT molecular complexity index is 469. The van der Waals surface area contributed by atoms with Crippen molar-refractivity contribution in [1.82, 2.24) is 9.97 Å². The number of hydrogen-bond acceptors (Lipinski definition) is 3. The fraction of sp³-hybridized carbons (Fsp3) is 0.125. The first kappa shape index (κ1) is 9.97. The van der Waals surface area contributed by atoms with Crippen LogP contribution in [0.25, 0.3) is 6.08 Å². The van der Waals surface area contributed by atoms with E-state index in [9.17, 15) is 14.4 Å². The van der Waals surface area contributed by atoms with Gasteiger partial charge >= 0.3 is 5.69 Å². The number of nitrogens with two attached hydrogens (primary N) is 1. The average molecular weight is 195 g/mol. The summed E-state index contributed by atoms with van der Waals surface area (Å²) in [5, 5.41) is 0. The lowest BCUT2D eigenvalue weighted by molar-refractivity contribution is -0.117. The summed E-state index contributed by atoms with van der Waals surface area (Å²) in [5.74, 6) is -0.484. The van der Waals surface area contributed by atoms with Crippen LogP contribution in [0, 0.1) is 0 Å². The van der Waals surface area contributed by atoms with Gasteiger partial charge < -0.3 is 10.7 Å². The van der Waals surface area contributed by atoms with Crippen molar-refractivity contribution in [3.05, 3.63) is 38.7 Å². The standard InChI is InChI=1S/C8H9N3O3/c9-6(12)3-1-2-5-4-10-8(14)11-7(5)13/h1-2,4H,3H2,(H2,9,12)(H2,10,11,13,14). The number of carbonyl (C=O) groups excluding carboxylic acids is 1. The van der Waals surface area contributed by atoms with Crippen molar-refractivity contribution in [3.63, 3.8) is 0 Å². The molecule has 1 aromatic rings. The molecule has 0 atom stereocenters. The molecule has 0 saturated heterocycles. The fourth-order valence-electron chi connectivity index (χ4n) is 0.846. The highest BCUT2D eigenvalue weighted by atomic mass is 16.2. The molecule has 0 saturated carbocycles. The van der Waals surface area contributed by atoms with Crippen molar-refractivity contribution in [1.29, 1.82) is 0 Å². The molecule has 0 aromatic carbocycles. The van der Waals surface area contributed by atoms with E-state index in [1.54, 1.807) is 0 Å². The van der Waals surface area contributed by atoms with Crippen molar-refractivity contribution in [2.45, 2.75) is 6.42 Å². The molecule has 14 heavy (non-hydrogen) atoms. The summed E-state index contributed by atoms with van der Waals surface area (Å²) in [6.45, 7) is 0. The lowest BCUT2D eigenvalue weighted by atomic mass is 10.2. The van der Waals surface area contributed by atoms with E-state index in [0.717, 1.165) is 0 Å². The second-order valence-electron chi connectivity index (χ2n) is 2.60.